The molecule has 0 radical (unpaired) electrons. The van der Waals surface area contributed by atoms with Crippen LogP contribution >= 0.6 is 0 Å². The van der Waals surface area contributed by atoms with Crippen LogP contribution in [0.4, 0.5) is 19.2 Å². The van der Waals surface area contributed by atoms with Crippen molar-refractivity contribution in [2.24, 2.45) is 0 Å². The van der Waals surface area contributed by atoms with Crippen molar-refractivity contribution >= 4 is 58.8 Å². The van der Waals surface area contributed by atoms with Crippen molar-refractivity contribution in [3.8, 4) is 0 Å². The van der Waals surface area contributed by atoms with Crippen molar-refractivity contribution in [1.29, 1.82) is 0 Å². The van der Waals surface area contributed by atoms with E-state index in [0.29, 0.717) is 77.7 Å². The van der Waals surface area contributed by atoms with Crippen LogP contribution in [0, 0.1) is 6.07 Å². The zero-order valence-corrected chi connectivity index (χ0v) is 56.4. The van der Waals surface area contributed by atoms with Crippen LogP contribution < -0.4 is 17.0 Å². The topological polar surface area (TPSA) is 192 Å². The molecule has 2 atom stereocenters. The molecule has 0 bridgehead atoms. The second kappa shape index (κ2) is 28.7. The number of hydrogen-bond acceptors (Lipinski definition) is 14. The number of ketones is 1. The summed E-state index contributed by atoms with van der Waals surface area (Å²) < 4.78 is 44.5. The number of Topliss-reactive ketones (excluding diaryl/α,β-unsaturated/α-hetero) is 1. The molecule has 0 aliphatic carbocycles. The summed E-state index contributed by atoms with van der Waals surface area (Å²) in [6, 6.07) is 42.7. The van der Waals surface area contributed by atoms with Crippen molar-refractivity contribution in [3.05, 3.63) is 150 Å². The molecule has 7 fully saturated rings. The first kappa shape index (κ1) is 71.5. The van der Waals surface area contributed by atoms with E-state index in [1.165, 1.54) is 16.7 Å². The first-order valence-electron chi connectivity index (χ1n) is 29.8. The predicted molar refractivity (Wildman–Crippen MR) is 330 cm³/mol. The van der Waals surface area contributed by atoms with Crippen LogP contribution in [0.1, 0.15) is 125 Å². The van der Waals surface area contributed by atoms with Crippen LogP contribution in [-0.2, 0) is 48.3 Å². The molecule has 8 aliphatic heterocycles. The van der Waals surface area contributed by atoms with Crippen molar-refractivity contribution in [3.63, 3.8) is 0 Å². The number of rotatable bonds is 3. The number of carbonyl (C=O) groups is 5. The second-order valence-corrected chi connectivity index (χ2v) is 27.9. The first-order chi connectivity index (χ1) is 40.3. The molecule has 4 amide bonds. The van der Waals surface area contributed by atoms with Crippen LogP contribution in [0.25, 0.3) is 5.57 Å². The van der Waals surface area contributed by atoms with Gasteiger partial charge in [-0.05, 0) is 118 Å². The summed E-state index contributed by atoms with van der Waals surface area (Å²) in [7, 11) is 0. The molecular formula is C68H89BrMgN4O14. The van der Waals surface area contributed by atoms with E-state index in [1.807, 2.05) is 168 Å². The minimum Gasteiger partial charge on any atom is -1.00 e. The molecule has 20 heteroatoms. The molecule has 18 nitrogen and oxygen atoms in total. The average Bonchev–Trinajstić information content (AvgIpc) is 1.71. The Hall–Kier alpha value is -5.58. The summed E-state index contributed by atoms with van der Waals surface area (Å²) in [6.45, 7) is 28.4. The van der Waals surface area contributed by atoms with Crippen molar-refractivity contribution in [1.82, 2.24) is 19.6 Å². The average molecular weight is 1290 g/mol. The number of nitrogens with zero attached hydrogens (tertiary/aromatic N) is 4. The van der Waals surface area contributed by atoms with Gasteiger partial charge in [0.1, 0.15) is 57.0 Å². The molecule has 12 rings (SSSR count). The Kier molecular flexibility index (Phi) is 23.3. The molecule has 4 aromatic rings. The van der Waals surface area contributed by atoms with E-state index in [9.17, 15) is 29.1 Å². The Labute approximate surface area is 546 Å². The van der Waals surface area contributed by atoms with Gasteiger partial charge >= 0.3 is 47.4 Å². The fourth-order valence-electron chi connectivity index (χ4n) is 11.3. The van der Waals surface area contributed by atoms with Gasteiger partial charge in [-0.25, -0.2) is 19.2 Å². The molecule has 8 aliphatic rings. The maximum atomic E-state index is 12.0. The molecule has 7 saturated heterocycles. The molecule has 4 spiro atoms. The quantitative estimate of drug-likeness (QED) is 0.120. The van der Waals surface area contributed by atoms with E-state index in [-0.39, 0.29) is 94.6 Å². The Morgan fingerprint density at radius 3 is 1.36 bits per heavy atom. The molecule has 4 aromatic carbocycles. The van der Waals surface area contributed by atoms with Crippen molar-refractivity contribution in [2.45, 2.75) is 159 Å². The smallest absolute Gasteiger partial charge is 1.00 e. The van der Waals surface area contributed by atoms with E-state index < -0.39 is 39.2 Å². The maximum Gasteiger partial charge on any atom is 2.00 e. The van der Waals surface area contributed by atoms with Gasteiger partial charge in [-0.3, -0.25) is 4.79 Å². The van der Waals surface area contributed by atoms with Crippen LogP contribution in [0.15, 0.2) is 127 Å². The fraction of sp³-hybridized carbons (Fsp3) is 0.544. The summed E-state index contributed by atoms with van der Waals surface area (Å²) in [6.07, 6.45) is 2.91. The predicted octanol–water partition coefficient (Wildman–Crippen LogP) is 7.63. The summed E-state index contributed by atoms with van der Waals surface area (Å²) in [5.41, 5.74) is 0.394. The van der Waals surface area contributed by atoms with Gasteiger partial charge < -0.3 is 79.6 Å². The monoisotopic (exact) mass is 1290 g/mol. The molecule has 474 valence electrons. The van der Waals surface area contributed by atoms with Gasteiger partial charge in [0.25, 0.3) is 0 Å². The van der Waals surface area contributed by atoms with Crippen LogP contribution in [0.5, 0.6) is 0 Å². The van der Waals surface area contributed by atoms with E-state index >= 15 is 0 Å². The van der Waals surface area contributed by atoms with Crippen molar-refractivity contribution < 1.29 is 84.0 Å². The number of carbonyl (C=O) groups excluding carboxylic acids is 5. The molecule has 0 saturated carbocycles. The minimum atomic E-state index is -0.971. The van der Waals surface area contributed by atoms with Gasteiger partial charge in [0.15, 0.2) is 5.78 Å². The molecule has 8 heterocycles. The Morgan fingerprint density at radius 2 is 0.943 bits per heavy atom. The summed E-state index contributed by atoms with van der Waals surface area (Å²) in [4.78, 5) is 65.3. The fourth-order valence-corrected chi connectivity index (χ4v) is 11.3. The molecule has 1 N–H and O–H groups in total. The number of ether oxygens (including phenoxy) is 8. The summed E-state index contributed by atoms with van der Waals surface area (Å²) in [5, 5.41) is 10.8. The van der Waals surface area contributed by atoms with E-state index in [2.05, 4.69) is 48.5 Å². The van der Waals surface area contributed by atoms with Gasteiger partial charge in [-0.1, -0.05) is 91.0 Å². The van der Waals surface area contributed by atoms with E-state index in [1.54, 1.807) is 19.6 Å². The number of aliphatic hydroxyl groups is 1. The van der Waals surface area contributed by atoms with Crippen molar-refractivity contribution in [2.75, 3.05) is 78.8 Å². The SMILES string of the molecule is CC(C)(C)OC(=O)N1CC2(C1)CC(O)(c1ccccc1)CO2.CC(C)(C)OC(=O)N1CC2(C=C(c3ccccc3)CO2)C1.CC(C)(C)OC(=O)N1CC2(CC(=O)CO2)C1.CC(C)(C)OC(=O)N1CC2(CC(c3ccccc3)CO2)C1.[Br-].[Mg+2].[c-]1ccccc1. The summed E-state index contributed by atoms with van der Waals surface area (Å²) in [5.74, 6) is 0.552. The van der Waals surface area contributed by atoms with Crippen LogP contribution in [0.3, 0.4) is 0 Å². The third-order valence-corrected chi connectivity index (χ3v) is 15.2. The molecule has 2 unspecified atom stereocenters. The zero-order valence-electron chi connectivity index (χ0n) is 53.4. The second-order valence-electron chi connectivity index (χ2n) is 27.9. The third-order valence-electron chi connectivity index (χ3n) is 15.2. The van der Waals surface area contributed by atoms with Crippen LogP contribution in [0.2, 0.25) is 0 Å². The van der Waals surface area contributed by atoms with Gasteiger partial charge in [0, 0.05) is 18.8 Å². The third kappa shape index (κ3) is 19.7. The molecule has 0 aromatic heterocycles. The minimum absolute atomic E-state index is 0. The Bertz CT molecular complexity index is 2950. The largest absolute Gasteiger partial charge is 2.00 e. The normalized spacial score (nSPS) is 22.0. The first-order valence-corrected chi connectivity index (χ1v) is 29.8. The Balaban J connectivity index is 0.000000181. The zero-order chi connectivity index (χ0) is 62.4. The van der Waals surface area contributed by atoms with Gasteiger partial charge in [-0.2, -0.15) is 36.4 Å². The maximum absolute atomic E-state index is 12.0. The van der Waals surface area contributed by atoms with Gasteiger partial charge in [-0.15, -0.1) is 0 Å². The summed E-state index contributed by atoms with van der Waals surface area (Å²) >= 11 is 0. The molecule has 88 heavy (non-hydrogen) atoms. The number of amides is 4. The van der Waals surface area contributed by atoms with E-state index in [4.69, 9.17) is 37.9 Å². The molecular weight excluding hydrogens is 1200 g/mol. The van der Waals surface area contributed by atoms with Crippen LogP contribution in [-0.4, -0.2) is 202 Å². The van der Waals surface area contributed by atoms with E-state index in [0.717, 1.165) is 18.6 Å². The number of hydrogen-bond donors (Lipinski definition) is 1. The van der Waals surface area contributed by atoms with Gasteiger partial charge in [0.05, 0.1) is 72.2 Å². The number of likely N-dealkylation sites (tertiary alicyclic amines) is 4. The Morgan fingerprint density at radius 1 is 0.523 bits per heavy atom. The number of halogens is 1. The number of benzene rings is 4. The standard InChI is InChI=1S/C17H23NO4.C17H23NO3.C17H21NO3.C11H17NO4.C6H5.BrH.Mg/c1-15(2,3)22-14(19)18-10-16(11-18)9-17(20,12-21-16)13-7-5-4-6-8-13;2*1-16(2,3)21-15(19)18-11-17(12-18)9-14(10-20-17)13-7-5-4-6-8-13;1-10(2,3)16-9(14)12-6-11(7-12)4-8(13)5-15-11;1-2-4-6-5-3-1;;/h4-8,20H,9-12H2,1-3H3;4-8,14H,9-12H2,1-3H3;4-9H,10-12H2,1-3H3;4-7H2,1-3H3;1-5H;1H;/q;;;;-1;;+2/p-1. The van der Waals surface area contributed by atoms with Gasteiger partial charge in [0.2, 0.25) is 0 Å².